The Morgan fingerprint density at radius 1 is 1.12 bits per heavy atom. The van der Waals surface area contributed by atoms with E-state index in [0.29, 0.717) is 12.2 Å². The second-order valence-corrected chi connectivity index (χ2v) is 8.60. The van der Waals surface area contributed by atoms with Crippen LogP contribution in [-0.2, 0) is 22.9 Å². The molecule has 0 amide bonds. The van der Waals surface area contributed by atoms with Crippen LogP contribution in [0, 0.1) is 6.92 Å². The molecule has 1 atom stereocenters. The molecule has 0 radical (unpaired) electrons. The Morgan fingerprint density at radius 3 is 2.38 bits per heavy atom. The Hall–Kier alpha value is -1.85. The highest BCUT2D eigenvalue weighted by atomic mass is 32.2. The second-order valence-electron chi connectivity index (χ2n) is 6.92. The van der Waals surface area contributed by atoms with Crippen molar-refractivity contribution >= 4 is 10.0 Å². The molecule has 0 heterocycles. The summed E-state index contributed by atoms with van der Waals surface area (Å²) in [5.41, 5.74) is 4.43. The minimum absolute atomic E-state index is 0.243. The molecule has 5 heteroatoms. The van der Waals surface area contributed by atoms with E-state index in [4.69, 9.17) is 4.74 Å². The fourth-order valence-corrected chi connectivity index (χ4v) is 5.20. The van der Waals surface area contributed by atoms with Crippen molar-refractivity contribution in [2.45, 2.75) is 56.9 Å². The van der Waals surface area contributed by atoms with E-state index >= 15 is 0 Å². The molecule has 0 spiro atoms. The lowest BCUT2D eigenvalue weighted by Crippen LogP contribution is -2.29. The molecule has 140 valence electrons. The summed E-state index contributed by atoms with van der Waals surface area (Å²) in [4.78, 5) is 0.243. The fraction of sp³-hybridized carbons (Fsp3) is 0.429. The summed E-state index contributed by atoms with van der Waals surface area (Å²) in [5, 5.41) is 0. The molecule has 0 bridgehead atoms. The van der Waals surface area contributed by atoms with Crippen molar-refractivity contribution < 1.29 is 13.2 Å². The lowest BCUT2D eigenvalue weighted by atomic mass is 9.92. The van der Waals surface area contributed by atoms with Crippen LogP contribution in [0.4, 0.5) is 0 Å². The lowest BCUT2D eigenvalue weighted by molar-refractivity contribution is 0.400. The number of nitrogens with one attached hydrogen (secondary N) is 1. The van der Waals surface area contributed by atoms with E-state index in [0.717, 1.165) is 42.4 Å². The van der Waals surface area contributed by atoms with Crippen molar-refractivity contribution in [3.63, 3.8) is 0 Å². The maximum Gasteiger partial charge on any atom is 0.244 e. The minimum atomic E-state index is -3.69. The summed E-state index contributed by atoms with van der Waals surface area (Å²) in [6, 6.07) is 11.3. The molecule has 1 unspecified atom stereocenters. The van der Waals surface area contributed by atoms with E-state index < -0.39 is 10.0 Å². The first-order chi connectivity index (χ1) is 12.5. The Bertz CT molecular complexity index is 890. The van der Waals surface area contributed by atoms with Crippen molar-refractivity contribution in [1.82, 2.24) is 4.72 Å². The van der Waals surface area contributed by atoms with Crippen molar-refractivity contribution in [3.8, 4) is 5.75 Å². The zero-order chi connectivity index (χ0) is 18.7. The van der Waals surface area contributed by atoms with Gasteiger partial charge in [-0.3, -0.25) is 0 Å². The van der Waals surface area contributed by atoms with Crippen molar-refractivity contribution in [2.75, 3.05) is 7.11 Å². The van der Waals surface area contributed by atoms with E-state index in [1.807, 2.05) is 44.2 Å². The largest absolute Gasteiger partial charge is 0.495 e. The van der Waals surface area contributed by atoms with E-state index in [1.54, 1.807) is 6.07 Å². The van der Waals surface area contributed by atoms with Crippen LogP contribution in [0.5, 0.6) is 5.75 Å². The monoisotopic (exact) mass is 373 g/mol. The Balaban J connectivity index is 1.98. The molecule has 0 saturated heterocycles. The Morgan fingerprint density at radius 2 is 1.77 bits per heavy atom. The molecule has 4 nitrogen and oxygen atoms in total. The molecule has 2 aromatic carbocycles. The summed E-state index contributed by atoms with van der Waals surface area (Å²) >= 11 is 0. The van der Waals surface area contributed by atoms with E-state index in [9.17, 15) is 8.42 Å². The SMILES string of the molecule is CCC(NS(=O)(=O)c1cc2c(cc1OC)CCCC2)c1ccccc1C. The maximum absolute atomic E-state index is 13.2. The van der Waals surface area contributed by atoms with Gasteiger partial charge < -0.3 is 4.74 Å². The quantitative estimate of drug-likeness (QED) is 0.821. The van der Waals surface area contributed by atoms with Crippen LogP contribution in [0.2, 0.25) is 0 Å². The lowest BCUT2D eigenvalue weighted by Gasteiger charge is -2.22. The van der Waals surface area contributed by atoms with Crippen molar-refractivity contribution in [3.05, 3.63) is 58.7 Å². The summed E-state index contributed by atoms with van der Waals surface area (Å²) in [7, 11) is -2.16. The number of methoxy groups -OCH3 is 1. The number of rotatable bonds is 6. The van der Waals surface area contributed by atoms with Gasteiger partial charge in [0, 0.05) is 6.04 Å². The normalized spacial score (nSPS) is 15.3. The van der Waals surface area contributed by atoms with Crippen LogP contribution in [0.3, 0.4) is 0 Å². The van der Waals surface area contributed by atoms with Gasteiger partial charge in [0.05, 0.1) is 7.11 Å². The summed E-state index contributed by atoms with van der Waals surface area (Å²) in [6.45, 7) is 4.00. The smallest absolute Gasteiger partial charge is 0.244 e. The van der Waals surface area contributed by atoms with Crippen LogP contribution in [-0.4, -0.2) is 15.5 Å². The topological polar surface area (TPSA) is 55.4 Å². The molecule has 2 aromatic rings. The zero-order valence-electron chi connectivity index (χ0n) is 15.7. The molecule has 26 heavy (non-hydrogen) atoms. The average molecular weight is 374 g/mol. The molecule has 0 aromatic heterocycles. The summed E-state index contributed by atoms with van der Waals surface area (Å²) < 4.78 is 34.6. The van der Waals surface area contributed by atoms with Gasteiger partial charge >= 0.3 is 0 Å². The average Bonchev–Trinajstić information content (AvgIpc) is 2.65. The Labute approximate surface area is 156 Å². The van der Waals surface area contributed by atoms with E-state index in [2.05, 4.69) is 4.72 Å². The van der Waals surface area contributed by atoms with Gasteiger partial charge in [0.1, 0.15) is 10.6 Å². The number of aryl methyl sites for hydroxylation is 3. The molecule has 0 aliphatic heterocycles. The minimum Gasteiger partial charge on any atom is -0.495 e. The van der Waals surface area contributed by atoms with Crippen molar-refractivity contribution in [2.24, 2.45) is 0 Å². The molecule has 1 N–H and O–H groups in total. The van der Waals surface area contributed by atoms with E-state index in [1.165, 1.54) is 12.7 Å². The van der Waals surface area contributed by atoms with Gasteiger partial charge in [-0.1, -0.05) is 31.2 Å². The summed E-state index contributed by atoms with van der Waals surface area (Å²) in [5.74, 6) is 0.429. The number of hydrogen-bond donors (Lipinski definition) is 1. The molecular weight excluding hydrogens is 346 g/mol. The number of hydrogen-bond acceptors (Lipinski definition) is 3. The van der Waals surface area contributed by atoms with Crippen LogP contribution in [0.25, 0.3) is 0 Å². The second kappa shape index (κ2) is 7.80. The highest BCUT2D eigenvalue weighted by Gasteiger charge is 2.26. The third-order valence-corrected chi connectivity index (χ3v) is 6.68. The van der Waals surface area contributed by atoms with Gasteiger partial charge in [0.25, 0.3) is 0 Å². The van der Waals surface area contributed by atoms with Gasteiger partial charge in [-0.2, -0.15) is 0 Å². The molecule has 1 aliphatic carbocycles. The van der Waals surface area contributed by atoms with Crippen LogP contribution >= 0.6 is 0 Å². The van der Waals surface area contributed by atoms with Gasteiger partial charge in [0.2, 0.25) is 10.0 Å². The first kappa shape index (κ1) is 18.9. The zero-order valence-corrected chi connectivity index (χ0v) is 16.5. The summed E-state index contributed by atoms with van der Waals surface area (Å²) in [6.07, 6.45) is 4.84. The molecule has 3 rings (SSSR count). The highest BCUT2D eigenvalue weighted by molar-refractivity contribution is 7.89. The molecule has 0 saturated carbocycles. The number of fused-ring (bicyclic) bond motifs is 1. The fourth-order valence-electron chi connectivity index (χ4n) is 3.71. The van der Waals surface area contributed by atoms with Crippen LogP contribution in [0.15, 0.2) is 41.3 Å². The predicted molar refractivity (Wildman–Crippen MR) is 104 cm³/mol. The van der Waals surface area contributed by atoms with Gasteiger partial charge in [-0.15, -0.1) is 0 Å². The first-order valence-corrected chi connectivity index (χ1v) is 10.7. The van der Waals surface area contributed by atoms with Crippen LogP contribution < -0.4 is 9.46 Å². The van der Waals surface area contributed by atoms with Crippen LogP contribution in [0.1, 0.15) is 54.5 Å². The van der Waals surface area contributed by atoms with Crippen molar-refractivity contribution in [1.29, 1.82) is 0 Å². The molecule has 1 aliphatic rings. The molecular formula is C21H27NO3S. The van der Waals surface area contributed by atoms with Gasteiger partial charge in [-0.25, -0.2) is 13.1 Å². The number of ether oxygens (including phenoxy) is 1. The van der Waals surface area contributed by atoms with Gasteiger partial charge in [0.15, 0.2) is 0 Å². The highest BCUT2D eigenvalue weighted by Crippen LogP contribution is 2.33. The first-order valence-electron chi connectivity index (χ1n) is 9.24. The number of benzene rings is 2. The van der Waals surface area contributed by atoms with E-state index in [-0.39, 0.29) is 10.9 Å². The molecule has 0 fully saturated rings. The third-order valence-electron chi connectivity index (χ3n) is 5.19. The maximum atomic E-state index is 13.2. The third kappa shape index (κ3) is 3.79. The van der Waals surface area contributed by atoms with Gasteiger partial charge in [-0.05, 0) is 73.4 Å². The Kier molecular flexibility index (Phi) is 5.68. The number of sulfonamides is 1. The standard InChI is InChI=1S/C21H27NO3S/c1-4-19(18-12-8-5-9-15(18)2)22-26(23,24)21-14-17-11-7-6-10-16(17)13-20(21)25-3/h5,8-9,12-14,19,22H,4,6-7,10-11H2,1-3H3. The predicted octanol–water partition coefficient (Wildman–Crippen LogP) is 4.31.